The number of hydrogen-bond acceptors (Lipinski definition) is 5. The van der Waals surface area contributed by atoms with Crippen LogP contribution in [-0.4, -0.2) is 35.4 Å². The third-order valence-corrected chi connectivity index (χ3v) is 4.05. The Kier molecular flexibility index (Phi) is 3.98. The number of carboxylic acids is 1. The van der Waals surface area contributed by atoms with Gasteiger partial charge in [0.25, 0.3) is 0 Å². The van der Waals surface area contributed by atoms with Gasteiger partial charge in [0.15, 0.2) is 0 Å². The number of aliphatic carboxylic acids is 1. The Bertz CT molecular complexity index is 719. The van der Waals surface area contributed by atoms with E-state index in [2.05, 4.69) is 17.0 Å². The number of aryl methyl sites for hydroxylation is 2. The van der Waals surface area contributed by atoms with Gasteiger partial charge in [-0.05, 0) is 38.0 Å². The number of hydrogen-bond donors (Lipinski definition) is 1. The highest BCUT2D eigenvalue weighted by Gasteiger charge is 2.30. The molecule has 1 unspecified atom stereocenters. The molecule has 122 valence electrons. The van der Waals surface area contributed by atoms with Gasteiger partial charge >= 0.3 is 5.97 Å². The summed E-state index contributed by atoms with van der Waals surface area (Å²) in [7, 11) is 0. The lowest BCUT2D eigenvalue weighted by molar-refractivity contribution is -0.144. The maximum atomic E-state index is 11.3. The first kappa shape index (κ1) is 15.4. The summed E-state index contributed by atoms with van der Waals surface area (Å²) < 4.78 is 10.9. The summed E-state index contributed by atoms with van der Waals surface area (Å²) in [6.45, 7) is 7.00. The summed E-state index contributed by atoms with van der Waals surface area (Å²) in [5, 5.41) is 13.3. The van der Waals surface area contributed by atoms with Gasteiger partial charge in [0.2, 0.25) is 6.10 Å². The monoisotopic (exact) mass is 316 g/mol. The van der Waals surface area contributed by atoms with E-state index in [-0.39, 0.29) is 0 Å². The van der Waals surface area contributed by atoms with Crippen molar-refractivity contribution in [2.45, 2.75) is 33.3 Å². The first-order valence-electron chi connectivity index (χ1n) is 7.73. The molecule has 3 rings (SSSR count). The highest BCUT2D eigenvalue weighted by atomic mass is 16.5. The van der Waals surface area contributed by atoms with Gasteiger partial charge < -0.3 is 19.3 Å². The first-order valence-corrected chi connectivity index (χ1v) is 7.73. The van der Waals surface area contributed by atoms with Gasteiger partial charge in [-0.15, -0.1) is 0 Å². The van der Waals surface area contributed by atoms with Crippen molar-refractivity contribution in [1.29, 1.82) is 0 Å². The molecule has 0 saturated carbocycles. The van der Waals surface area contributed by atoms with E-state index in [0.29, 0.717) is 12.3 Å². The van der Waals surface area contributed by atoms with E-state index in [9.17, 15) is 9.90 Å². The fourth-order valence-electron chi connectivity index (χ4n) is 3.01. The van der Waals surface area contributed by atoms with Crippen molar-refractivity contribution < 1.29 is 19.2 Å². The minimum atomic E-state index is -0.938. The molecule has 1 aromatic carbocycles. The van der Waals surface area contributed by atoms with E-state index < -0.39 is 12.1 Å². The van der Waals surface area contributed by atoms with E-state index in [4.69, 9.17) is 9.26 Å². The maximum Gasteiger partial charge on any atom is 0.346 e. The van der Waals surface area contributed by atoms with Gasteiger partial charge in [0.1, 0.15) is 11.5 Å². The topological polar surface area (TPSA) is 75.8 Å². The van der Waals surface area contributed by atoms with E-state index >= 15 is 0 Å². The predicted octanol–water partition coefficient (Wildman–Crippen LogP) is 3.02. The molecule has 2 aromatic rings. The second-order valence-electron chi connectivity index (χ2n) is 5.77. The van der Waals surface area contributed by atoms with Gasteiger partial charge in [-0.2, -0.15) is 0 Å². The van der Waals surface area contributed by atoms with Crippen molar-refractivity contribution in [1.82, 2.24) is 5.16 Å². The second kappa shape index (κ2) is 5.95. The van der Waals surface area contributed by atoms with Gasteiger partial charge in [-0.1, -0.05) is 18.1 Å². The Morgan fingerprint density at radius 3 is 2.83 bits per heavy atom. The van der Waals surface area contributed by atoms with Gasteiger partial charge in [0.05, 0.1) is 17.9 Å². The van der Waals surface area contributed by atoms with Gasteiger partial charge in [-0.3, -0.25) is 0 Å². The van der Waals surface area contributed by atoms with Crippen LogP contribution in [0.3, 0.4) is 0 Å². The zero-order valence-electron chi connectivity index (χ0n) is 13.5. The van der Waals surface area contributed by atoms with Crippen molar-refractivity contribution in [3.8, 4) is 16.9 Å². The molecule has 23 heavy (non-hydrogen) atoms. The molecule has 2 heterocycles. The Balaban J connectivity index is 2.04. The van der Waals surface area contributed by atoms with Crippen molar-refractivity contribution in [3.05, 3.63) is 29.7 Å². The van der Waals surface area contributed by atoms with Crippen LogP contribution in [0.15, 0.2) is 22.7 Å². The highest BCUT2D eigenvalue weighted by Crippen LogP contribution is 2.38. The summed E-state index contributed by atoms with van der Waals surface area (Å²) in [5.41, 5.74) is 3.73. The number of carboxylic acid groups (broad SMARTS) is 1. The molecule has 1 N–H and O–H groups in total. The van der Waals surface area contributed by atoms with E-state index in [1.54, 1.807) is 0 Å². The molecule has 1 aliphatic heterocycles. The Hall–Kier alpha value is -2.50. The van der Waals surface area contributed by atoms with Crippen molar-refractivity contribution >= 4 is 11.7 Å². The third-order valence-electron chi connectivity index (χ3n) is 4.05. The SMILES string of the molecule is CCCN1CC(C(=O)O)Oc2ccc(-c3c(C)noc3C)cc21. The zero-order valence-corrected chi connectivity index (χ0v) is 13.5. The maximum absolute atomic E-state index is 11.3. The molecule has 0 fully saturated rings. The van der Waals surface area contributed by atoms with Crippen LogP contribution < -0.4 is 9.64 Å². The van der Waals surface area contributed by atoms with Crippen LogP contribution >= 0.6 is 0 Å². The number of rotatable bonds is 4. The number of anilines is 1. The lowest BCUT2D eigenvalue weighted by Gasteiger charge is -2.34. The minimum absolute atomic E-state index is 0.348. The van der Waals surface area contributed by atoms with Crippen molar-refractivity contribution in [3.63, 3.8) is 0 Å². The number of fused-ring (bicyclic) bond motifs is 1. The van der Waals surface area contributed by atoms with Crippen LogP contribution in [0.4, 0.5) is 5.69 Å². The number of benzene rings is 1. The molecule has 0 aliphatic carbocycles. The third kappa shape index (κ3) is 2.76. The fraction of sp³-hybridized carbons (Fsp3) is 0.412. The quantitative estimate of drug-likeness (QED) is 0.934. The predicted molar refractivity (Wildman–Crippen MR) is 86.0 cm³/mol. The molecule has 0 amide bonds. The number of ether oxygens (including phenoxy) is 1. The standard InChI is InChI=1S/C17H20N2O4/c1-4-7-19-9-15(17(20)21)22-14-6-5-12(8-13(14)19)16-10(2)18-23-11(16)3/h5-6,8,15H,4,7,9H2,1-3H3,(H,20,21). The minimum Gasteiger partial charge on any atom is -0.478 e. The molecule has 6 heteroatoms. The summed E-state index contributed by atoms with van der Waals surface area (Å²) in [6, 6.07) is 5.77. The summed E-state index contributed by atoms with van der Waals surface area (Å²) in [5.74, 6) is 0.434. The van der Waals surface area contributed by atoms with E-state index in [1.165, 1.54) is 0 Å². The lowest BCUT2D eigenvalue weighted by Crippen LogP contribution is -2.44. The molecule has 1 aromatic heterocycles. The average Bonchev–Trinajstić information content (AvgIpc) is 2.86. The molecule has 0 spiro atoms. The number of aromatic nitrogens is 1. The van der Waals surface area contributed by atoms with Crippen LogP contribution in [0.2, 0.25) is 0 Å². The molecular formula is C17H20N2O4. The Morgan fingerprint density at radius 2 is 2.22 bits per heavy atom. The van der Waals surface area contributed by atoms with E-state index in [0.717, 1.165) is 41.2 Å². The van der Waals surface area contributed by atoms with Gasteiger partial charge in [0, 0.05) is 12.1 Å². The Labute approximate surface area is 134 Å². The Morgan fingerprint density at radius 1 is 1.43 bits per heavy atom. The molecule has 1 atom stereocenters. The second-order valence-corrected chi connectivity index (χ2v) is 5.77. The number of nitrogens with zero attached hydrogens (tertiary/aromatic N) is 2. The average molecular weight is 316 g/mol. The van der Waals surface area contributed by atoms with Crippen LogP contribution in [0, 0.1) is 13.8 Å². The highest BCUT2D eigenvalue weighted by molar-refractivity contribution is 5.79. The molecule has 1 aliphatic rings. The normalized spacial score (nSPS) is 16.8. The van der Waals surface area contributed by atoms with Gasteiger partial charge in [-0.25, -0.2) is 4.79 Å². The summed E-state index contributed by atoms with van der Waals surface area (Å²) in [6.07, 6.45) is 0.0976. The lowest BCUT2D eigenvalue weighted by atomic mass is 10.0. The first-order chi connectivity index (χ1) is 11.0. The number of carbonyl (C=O) groups is 1. The molecule has 6 nitrogen and oxygen atoms in total. The van der Waals surface area contributed by atoms with Crippen LogP contribution in [0.5, 0.6) is 5.75 Å². The molecule has 0 bridgehead atoms. The summed E-state index contributed by atoms with van der Waals surface area (Å²) >= 11 is 0. The fourth-order valence-corrected chi connectivity index (χ4v) is 3.01. The van der Waals surface area contributed by atoms with Crippen molar-refractivity contribution in [2.75, 3.05) is 18.0 Å². The van der Waals surface area contributed by atoms with Crippen molar-refractivity contribution in [2.24, 2.45) is 0 Å². The summed E-state index contributed by atoms with van der Waals surface area (Å²) in [4.78, 5) is 13.4. The van der Waals surface area contributed by atoms with Crippen LogP contribution in [0.1, 0.15) is 24.8 Å². The molecular weight excluding hydrogens is 296 g/mol. The zero-order chi connectivity index (χ0) is 16.6. The van der Waals surface area contributed by atoms with E-state index in [1.807, 2.05) is 32.0 Å². The van der Waals surface area contributed by atoms with Crippen LogP contribution in [0.25, 0.3) is 11.1 Å². The molecule has 0 saturated heterocycles. The largest absolute Gasteiger partial charge is 0.478 e. The molecule has 0 radical (unpaired) electrons. The van der Waals surface area contributed by atoms with Crippen LogP contribution in [-0.2, 0) is 4.79 Å². The smallest absolute Gasteiger partial charge is 0.346 e.